The molecule has 0 saturated carbocycles. The smallest absolute Gasteiger partial charge is 0.331 e. The van der Waals surface area contributed by atoms with E-state index in [1.54, 1.807) is 0 Å². The van der Waals surface area contributed by atoms with Gasteiger partial charge in [0.1, 0.15) is 0 Å². The zero-order chi connectivity index (χ0) is 8.81. The highest BCUT2D eigenvalue weighted by molar-refractivity contribution is 5.91. The maximum atomic E-state index is 10.7. The lowest BCUT2D eigenvalue weighted by atomic mass is 10.3. The summed E-state index contributed by atoms with van der Waals surface area (Å²) in [6, 6.07) is 0. The molecule has 0 saturated heterocycles. The van der Waals surface area contributed by atoms with Crippen molar-refractivity contribution >= 4 is 11.9 Å². The fourth-order valence-electron chi connectivity index (χ4n) is 0.782. The van der Waals surface area contributed by atoms with Gasteiger partial charge in [0.25, 0.3) is 0 Å². The molecule has 0 fully saturated rings. The third-order valence-electron chi connectivity index (χ3n) is 1.38. The minimum atomic E-state index is -0.492. The molecular weight excluding hydrogens is 160 g/mol. The van der Waals surface area contributed by atoms with E-state index in [0.717, 1.165) is 25.0 Å². The van der Waals surface area contributed by atoms with Gasteiger partial charge < -0.3 is 9.47 Å². The number of carbonyl (C=O) groups is 2. The molecule has 12 heavy (non-hydrogen) atoms. The van der Waals surface area contributed by atoms with Crippen LogP contribution in [0.5, 0.6) is 0 Å². The third-order valence-corrected chi connectivity index (χ3v) is 1.38. The van der Waals surface area contributed by atoms with Crippen LogP contribution in [-0.2, 0) is 19.1 Å². The number of cyclic esters (lactones) is 2. The molecule has 0 aromatic heterocycles. The van der Waals surface area contributed by atoms with Crippen LogP contribution < -0.4 is 0 Å². The molecule has 0 radical (unpaired) electrons. The van der Waals surface area contributed by atoms with Gasteiger partial charge in [-0.1, -0.05) is 0 Å². The Hall–Kier alpha value is -1.32. The average molecular weight is 170 g/mol. The second kappa shape index (κ2) is 4.54. The van der Waals surface area contributed by atoms with Gasteiger partial charge in [0, 0.05) is 12.2 Å². The maximum Gasteiger partial charge on any atom is 0.331 e. The zero-order valence-electron chi connectivity index (χ0n) is 6.62. The highest BCUT2D eigenvalue weighted by Crippen LogP contribution is 1.96. The van der Waals surface area contributed by atoms with E-state index in [1.165, 1.54) is 0 Å². The summed E-state index contributed by atoms with van der Waals surface area (Å²) in [5, 5.41) is 0. The van der Waals surface area contributed by atoms with Crippen molar-refractivity contribution in [1.29, 1.82) is 0 Å². The first-order valence-electron chi connectivity index (χ1n) is 3.80. The van der Waals surface area contributed by atoms with Crippen molar-refractivity contribution in [3.8, 4) is 0 Å². The van der Waals surface area contributed by atoms with Crippen LogP contribution in [0.2, 0.25) is 0 Å². The molecule has 66 valence electrons. The first-order chi connectivity index (χ1) is 5.79. The predicted octanol–water partition coefficient (Wildman–Crippen LogP) is 0.423. The molecular formula is C8H10O4. The summed E-state index contributed by atoms with van der Waals surface area (Å²) < 4.78 is 9.47. The molecule has 1 heterocycles. The normalized spacial score (nSPS) is 22.3. The van der Waals surface area contributed by atoms with Crippen LogP contribution in [0, 0.1) is 0 Å². The number of hydrogen-bond acceptors (Lipinski definition) is 4. The summed E-state index contributed by atoms with van der Waals surface area (Å²) in [6.07, 6.45) is 3.61. The van der Waals surface area contributed by atoms with E-state index in [0.29, 0.717) is 13.2 Å². The molecule has 0 aromatic rings. The number of esters is 2. The predicted molar refractivity (Wildman–Crippen MR) is 40.3 cm³/mol. The summed E-state index contributed by atoms with van der Waals surface area (Å²) in [6.45, 7) is 0.779. The van der Waals surface area contributed by atoms with Crippen molar-refractivity contribution in [2.45, 2.75) is 12.8 Å². The Bertz CT molecular complexity index is 185. The Morgan fingerprint density at radius 2 is 1.33 bits per heavy atom. The fraction of sp³-hybridized carbons (Fsp3) is 0.500. The molecule has 4 heteroatoms. The molecule has 0 N–H and O–H groups in total. The number of carbonyl (C=O) groups excluding carboxylic acids is 2. The minimum absolute atomic E-state index is 0.390. The first-order valence-corrected chi connectivity index (χ1v) is 3.80. The maximum absolute atomic E-state index is 10.7. The molecule has 0 aliphatic carbocycles. The van der Waals surface area contributed by atoms with Crippen LogP contribution in [-0.4, -0.2) is 25.2 Å². The average Bonchev–Trinajstić information content (AvgIpc) is 2.07. The van der Waals surface area contributed by atoms with Gasteiger partial charge in [-0.2, -0.15) is 0 Å². The second-order valence-electron chi connectivity index (χ2n) is 2.38. The Balaban J connectivity index is 2.49. The summed E-state index contributed by atoms with van der Waals surface area (Å²) in [7, 11) is 0. The molecule has 1 aliphatic rings. The van der Waals surface area contributed by atoms with Gasteiger partial charge in [0.2, 0.25) is 0 Å². The Morgan fingerprint density at radius 3 is 1.75 bits per heavy atom. The lowest BCUT2D eigenvalue weighted by Gasteiger charge is -2.05. The van der Waals surface area contributed by atoms with E-state index in [-0.39, 0.29) is 0 Å². The zero-order valence-corrected chi connectivity index (χ0v) is 6.62. The molecule has 0 bridgehead atoms. The minimum Gasteiger partial charge on any atom is -0.463 e. The largest absolute Gasteiger partial charge is 0.463 e. The molecule has 0 amide bonds. The fourth-order valence-corrected chi connectivity index (χ4v) is 0.782. The van der Waals surface area contributed by atoms with Crippen LogP contribution in [0.4, 0.5) is 0 Å². The molecule has 0 unspecified atom stereocenters. The van der Waals surface area contributed by atoms with Crippen molar-refractivity contribution in [3.05, 3.63) is 12.2 Å². The van der Waals surface area contributed by atoms with Crippen molar-refractivity contribution in [2.75, 3.05) is 13.2 Å². The quantitative estimate of drug-likeness (QED) is 0.494. The van der Waals surface area contributed by atoms with E-state index >= 15 is 0 Å². The van der Waals surface area contributed by atoms with Gasteiger partial charge in [-0.25, -0.2) is 9.59 Å². The lowest BCUT2D eigenvalue weighted by molar-refractivity contribution is -0.142. The third kappa shape index (κ3) is 3.18. The Morgan fingerprint density at radius 1 is 0.917 bits per heavy atom. The number of ether oxygens (including phenoxy) is 2. The molecule has 0 spiro atoms. The van der Waals surface area contributed by atoms with Crippen LogP contribution in [0.15, 0.2) is 12.2 Å². The Kier molecular flexibility index (Phi) is 3.32. The van der Waals surface area contributed by atoms with Gasteiger partial charge in [-0.15, -0.1) is 0 Å². The van der Waals surface area contributed by atoms with Crippen LogP contribution in [0.25, 0.3) is 0 Å². The highest BCUT2D eigenvalue weighted by atomic mass is 16.5. The van der Waals surface area contributed by atoms with Gasteiger partial charge >= 0.3 is 11.9 Å². The Labute approximate surface area is 70.1 Å². The van der Waals surface area contributed by atoms with Gasteiger partial charge in [-0.3, -0.25) is 0 Å². The summed E-state index contributed by atoms with van der Waals surface area (Å²) in [5.74, 6) is -0.984. The van der Waals surface area contributed by atoms with Crippen LogP contribution >= 0.6 is 0 Å². The van der Waals surface area contributed by atoms with E-state index in [4.69, 9.17) is 9.47 Å². The van der Waals surface area contributed by atoms with Gasteiger partial charge in [-0.05, 0) is 12.8 Å². The highest BCUT2D eigenvalue weighted by Gasteiger charge is 2.03. The molecule has 1 aliphatic heterocycles. The standard InChI is InChI=1S/C8H10O4/c9-7-3-4-8(10)12-6-2-1-5-11-7/h3-4H,1-2,5-6H2/b4-3+. The van der Waals surface area contributed by atoms with E-state index < -0.39 is 11.9 Å². The molecule has 4 nitrogen and oxygen atoms in total. The van der Waals surface area contributed by atoms with Crippen molar-refractivity contribution in [2.24, 2.45) is 0 Å². The van der Waals surface area contributed by atoms with Crippen molar-refractivity contribution in [1.82, 2.24) is 0 Å². The topological polar surface area (TPSA) is 52.6 Å². The van der Waals surface area contributed by atoms with Crippen molar-refractivity contribution < 1.29 is 19.1 Å². The van der Waals surface area contributed by atoms with Crippen LogP contribution in [0.3, 0.4) is 0 Å². The molecule has 0 aromatic carbocycles. The SMILES string of the molecule is O=C1/C=C/C(=O)OCCCCO1. The first kappa shape index (κ1) is 8.77. The van der Waals surface area contributed by atoms with Crippen LogP contribution in [0.1, 0.15) is 12.8 Å². The van der Waals surface area contributed by atoms with E-state index in [9.17, 15) is 9.59 Å². The summed E-state index contributed by atoms with van der Waals surface area (Å²) in [5.41, 5.74) is 0. The monoisotopic (exact) mass is 170 g/mol. The number of rotatable bonds is 0. The van der Waals surface area contributed by atoms with Crippen molar-refractivity contribution in [3.63, 3.8) is 0 Å². The summed E-state index contributed by atoms with van der Waals surface area (Å²) in [4.78, 5) is 21.5. The molecule has 1 rings (SSSR count). The number of hydrogen-bond donors (Lipinski definition) is 0. The molecule has 0 atom stereocenters. The van der Waals surface area contributed by atoms with Gasteiger partial charge in [0.15, 0.2) is 0 Å². The van der Waals surface area contributed by atoms with Gasteiger partial charge in [0.05, 0.1) is 13.2 Å². The second-order valence-corrected chi connectivity index (χ2v) is 2.38. The lowest BCUT2D eigenvalue weighted by Crippen LogP contribution is -2.09. The van der Waals surface area contributed by atoms with E-state index in [2.05, 4.69) is 0 Å². The van der Waals surface area contributed by atoms with E-state index in [1.807, 2.05) is 0 Å². The summed E-state index contributed by atoms with van der Waals surface area (Å²) >= 11 is 0.